The zero-order valence-electron chi connectivity index (χ0n) is 20.8. The highest BCUT2D eigenvalue weighted by molar-refractivity contribution is 5.91. The Morgan fingerprint density at radius 1 is 0.967 bits per heavy atom. The summed E-state index contributed by atoms with van der Waals surface area (Å²) in [6, 6.07) is 0. The lowest BCUT2D eigenvalue weighted by atomic mass is 9.46. The summed E-state index contributed by atoms with van der Waals surface area (Å²) in [5.41, 5.74) is 2.42. The maximum absolute atomic E-state index is 12.1. The monoisotopic (exact) mass is 412 g/mol. The molecule has 0 amide bonds. The summed E-state index contributed by atoms with van der Waals surface area (Å²) in [5, 5.41) is 0. The molecule has 0 radical (unpaired) electrons. The summed E-state index contributed by atoms with van der Waals surface area (Å²) in [6.07, 6.45) is 16.5. The van der Waals surface area contributed by atoms with Gasteiger partial charge in [-0.05, 0) is 110 Å². The molecule has 30 heavy (non-hydrogen) atoms. The second-order valence-electron chi connectivity index (χ2n) is 12.7. The third-order valence-corrected chi connectivity index (χ3v) is 11.2. The van der Waals surface area contributed by atoms with Gasteiger partial charge in [0.25, 0.3) is 0 Å². The Bertz CT molecular complexity index is 674. The van der Waals surface area contributed by atoms with Gasteiger partial charge in [-0.2, -0.15) is 0 Å². The quantitative estimate of drug-likeness (QED) is 0.429. The van der Waals surface area contributed by atoms with Crippen molar-refractivity contribution in [2.45, 2.75) is 112 Å². The smallest absolute Gasteiger partial charge is 0.155 e. The topological polar surface area (TPSA) is 17.1 Å². The lowest BCUT2D eigenvalue weighted by Gasteiger charge is -2.58. The Morgan fingerprint density at radius 3 is 2.43 bits per heavy atom. The van der Waals surface area contributed by atoms with Crippen molar-refractivity contribution in [2.75, 3.05) is 0 Å². The van der Waals surface area contributed by atoms with E-state index in [2.05, 4.69) is 47.6 Å². The Morgan fingerprint density at radius 2 is 1.73 bits per heavy atom. The maximum Gasteiger partial charge on any atom is 0.155 e. The lowest BCUT2D eigenvalue weighted by Crippen LogP contribution is -2.51. The molecule has 1 heteroatoms. The van der Waals surface area contributed by atoms with Gasteiger partial charge in [0.2, 0.25) is 0 Å². The molecule has 4 aliphatic carbocycles. The molecular weight excluding hydrogens is 364 g/mol. The van der Waals surface area contributed by atoms with Gasteiger partial charge in [-0.25, -0.2) is 0 Å². The first kappa shape index (κ1) is 22.6. The third kappa shape index (κ3) is 3.65. The molecule has 4 rings (SSSR count). The SMILES string of the molecule is CC[C@H](CC[C@@H](C)C1CCC2C3CCC4=CC(=O)CC[C@]4(C)C3CC[C@@]21C)C(C)C. The van der Waals surface area contributed by atoms with E-state index in [0.29, 0.717) is 16.6 Å². The molecule has 4 aliphatic rings. The summed E-state index contributed by atoms with van der Waals surface area (Å²) >= 11 is 0. The largest absolute Gasteiger partial charge is 0.295 e. The van der Waals surface area contributed by atoms with E-state index in [1.807, 2.05) is 0 Å². The van der Waals surface area contributed by atoms with Gasteiger partial charge in [-0.1, -0.05) is 60.0 Å². The molecule has 8 atom stereocenters. The lowest BCUT2D eigenvalue weighted by molar-refractivity contribution is -0.117. The minimum Gasteiger partial charge on any atom is -0.295 e. The summed E-state index contributed by atoms with van der Waals surface area (Å²) < 4.78 is 0. The van der Waals surface area contributed by atoms with E-state index in [9.17, 15) is 4.79 Å². The van der Waals surface area contributed by atoms with Crippen molar-refractivity contribution < 1.29 is 4.79 Å². The van der Waals surface area contributed by atoms with Crippen molar-refractivity contribution >= 4 is 5.78 Å². The first-order chi connectivity index (χ1) is 14.2. The summed E-state index contributed by atoms with van der Waals surface area (Å²) in [7, 11) is 0. The molecule has 0 heterocycles. The fourth-order valence-corrected chi connectivity index (χ4v) is 9.22. The number of hydrogen-bond donors (Lipinski definition) is 0. The molecule has 0 N–H and O–H groups in total. The molecule has 0 saturated heterocycles. The normalized spacial score (nSPS) is 42.9. The van der Waals surface area contributed by atoms with E-state index in [0.717, 1.165) is 54.3 Å². The number of fused-ring (bicyclic) bond motifs is 5. The van der Waals surface area contributed by atoms with E-state index in [1.54, 1.807) is 0 Å². The Hall–Kier alpha value is -0.590. The minimum atomic E-state index is 0.327. The second-order valence-corrected chi connectivity index (χ2v) is 12.7. The molecule has 0 aliphatic heterocycles. The van der Waals surface area contributed by atoms with Crippen LogP contribution in [0.1, 0.15) is 112 Å². The van der Waals surface area contributed by atoms with Crippen LogP contribution in [-0.2, 0) is 4.79 Å². The Kier molecular flexibility index (Phi) is 6.33. The van der Waals surface area contributed by atoms with Gasteiger partial charge in [-0.15, -0.1) is 0 Å². The number of carbonyl (C=O) groups excluding carboxylic acids is 1. The van der Waals surface area contributed by atoms with Gasteiger partial charge in [-0.3, -0.25) is 4.79 Å². The number of allylic oxidation sites excluding steroid dienone is 1. The highest BCUT2D eigenvalue weighted by Gasteiger charge is 2.59. The van der Waals surface area contributed by atoms with E-state index in [1.165, 1.54) is 63.4 Å². The molecule has 1 nitrogen and oxygen atoms in total. The third-order valence-electron chi connectivity index (χ3n) is 11.2. The van der Waals surface area contributed by atoms with Crippen molar-refractivity contribution in [1.29, 1.82) is 0 Å². The van der Waals surface area contributed by atoms with Gasteiger partial charge >= 0.3 is 0 Å². The number of rotatable bonds is 6. The summed E-state index contributed by atoms with van der Waals surface area (Å²) in [6.45, 7) is 15.0. The number of hydrogen-bond acceptors (Lipinski definition) is 1. The maximum atomic E-state index is 12.1. The van der Waals surface area contributed by atoms with Crippen LogP contribution in [0.25, 0.3) is 0 Å². The molecular formula is C29H48O. The van der Waals surface area contributed by atoms with Gasteiger partial charge in [0, 0.05) is 6.42 Å². The molecule has 0 spiro atoms. The van der Waals surface area contributed by atoms with Crippen molar-refractivity contribution in [3.63, 3.8) is 0 Å². The Labute approximate surface area is 186 Å². The van der Waals surface area contributed by atoms with Crippen LogP contribution in [0.3, 0.4) is 0 Å². The van der Waals surface area contributed by atoms with Crippen LogP contribution < -0.4 is 0 Å². The van der Waals surface area contributed by atoms with Gasteiger partial charge in [0.05, 0.1) is 0 Å². The van der Waals surface area contributed by atoms with Gasteiger partial charge in [0.15, 0.2) is 5.78 Å². The van der Waals surface area contributed by atoms with E-state index < -0.39 is 0 Å². The van der Waals surface area contributed by atoms with Gasteiger partial charge < -0.3 is 0 Å². The highest BCUT2D eigenvalue weighted by atomic mass is 16.1. The van der Waals surface area contributed by atoms with Crippen molar-refractivity contribution in [2.24, 2.45) is 52.3 Å². The van der Waals surface area contributed by atoms with Crippen LogP contribution in [0.2, 0.25) is 0 Å². The first-order valence-corrected chi connectivity index (χ1v) is 13.4. The molecule has 170 valence electrons. The minimum absolute atomic E-state index is 0.327. The molecule has 0 bridgehead atoms. The van der Waals surface area contributed by atoms with Crippen LogP contribution in [0, 0.1) is 52.3 Å². The molecule has 0 aromatic heterocycles. The van der Waals surface area contributed by atoms with Gasteiger partial charge in [0.1, 0.15) is 0 Å². The average molecular weight is 413 g/mol. The predicted octanol–water partition coefficient (Wildman–Crippen LogP) is 8.23. The summed E-state index contributed by atoms with van der Waals surface area (Å²) in [5.74, 6) is 6.63. The molecule has 4 unspecified atom stereocenters. The van der Waals surface area contributed by atoms with E-state index in [-0.39, 0.29) is 0 Å². The van der Waals surface area contributed by atoms with Crippen LogP contribution >= 0.6 is 0 Å². The predicted molar refractivity (Wildman–Crippen MR) is 127 cm³/mol. The number of carbonyl (C=O) groups is 1. The average Bonchev–Trinajstić information content (AvgIpc) is 3.06. The highest BCUT2D eigenvalue weighted by Crippen LogP contribution is 2.67. The molecule has 0 aromatic rings. The Balaban J connectivity index is 1.48. The van der Waals surface area contributed by atoms with Crippen LogP contribution in [-0.4, -0.2) is 5.78 Å². The molecule has 3 fully saturated rings. The zero-order valence-corrected chi connectivity index (χ0v) is 20.8. The van der Waals surface area contributed by atoms with Crippen molar-refractivity contribution in [3.8, 4) is 0 Å². The van der Waals surface area contributed by atoms with E-state index in [4.69, 9.17) is 0 Å². The van der Waals surface area contributed by atoms with Crippen molar-refractivity contribution in [1.82, 2.24) is 0 Å². The van der Waals surface area contributed by atoms with Crippen molar-refractivity contribution in [3.05, 3.63) is 11.6 Å². The molecule has 3 saturated carbocycles. The first-order valence-electron chi connectivity index (χ1n) is 13.4. The fraction of sp³-hybridized carbons (Fsp3) is 0.897. The second kappa shape index (κ2) is 8.40. The molecule has 0 aromatic carbocycles. The van der Waals surface area contributed by atoms with Crippen LogP contribution in [0.5, 0.6) is 0 Å². The van der Waals surface area contributed by atoms with Crippen LogP contribution in [0.4, 0.5) is 0 Å². The van der Waals surface area contributed by atoms with Crippen LogP contribution in [0.15, 0.2) is 11.6 Å². The number of ketones is 1. The van der Waals surface area contributed by atoms with E-state index >= 15 is 0 Å². The zero-order chi connectivity index (χ0) is 21.7. The summed E-state index contributed by atoms with van der Waals surface area (Å²) in [4.78, 5) is 12.1. The fourth-order valence-electron chi connectivity index (χ4n) is 9.22. The standard InChI is InChI=1S/C29H48O/c1-7-21(19(2)3)9-8-20(4)25-12-13-26-24-11-10-22-18-23(30)14-16-28(22,5)27(24)15-17-29(25,26)6/h18-21,24-27H,7-17H2,1-6H3/t20-,21-,24?,25?,26?,27?,28+,29-/m1/s1.